The Labute approximate surface area is 445 Å². The van der Waals surface area contributed by atoms with Crippen LogP contribution in [0.5, 0.6) is 0 Å². The van der Waals surface area contributed by atoms with E-state index in [1.54, 1.807) is 73.7 Å². The molecule has 0 aliphatic carbocycles. The Balaban J connectivity index is 1.43. The lowest BCUT2D eigenvalue weighted by Crippen LogP contribution is -2.60. The molecule has 3 aliphatic heterocycles. The predicted octanol–water partition coefficient (Wildman–Crippen LogP) is 4.43. The quantitative estimate of drug-likeness (QED) is 0.146. The van der Waals surface area contributed by atoms with Crippen molar-refractivity contribution < 1.29 is 71.6 Å². The minimum atomic E-state index is -3.37. The lowest BCUT2D eigenvalue weighted by Gasteiger charge is -2.48. The van der Waals surface area contributed by atoms with Gasteiger partial charge in [0.2, 0.25) is 0 Å². The molecule has 0 unspecified atom stereocenters. The minimum Gasteiger partial charge on any atom is -0.459 e. The zero-order valence-electron chi connectivity index (χ0n) is 47.0. The standard InChI is InChI=1S/C54H92FN5O14S/c1-15-44-53(10,66)27-43(61)36(7)59(13)30-32(3)21-23-52(9,65)49(34(5)47(35(6)50(64)72-44)73-45-28-54(11,69-14)48(63)37(8)71-45)74-51-46(62)42(25-33(4)70-51)58(12)24-22-39-31-60(57-56-39)40(29-55)26-38-17-19-41(20-18-38)75(67,68)16-2/h17-20,31-37,40,42-49,51,61-63,65-66H,15-16,21-30H2,1-14H3/t32-,33-,34+,35-,36-,37+,40+,42+,43+,44-,45+,46-,47+,48+,49-,51+,52-,53+,54-/m1/s1. The van der Waals surface area contributed by atoms with Crippen LogP contribution < -0.4 is 0 Å². The molecule has 0 bridgehead atoms. The normalized spacial score (nSPS) is 39.0. The molecule has 19 atom stereocenters. The van der Waals surface area contributed by atoms with Gasteiger partial charge in [0.15, 0.2) is 22.4 Å². The topological polar surface area (TPSA) is 245 Å². The third-order valence-electron chi connectivity index (χ3n) is 16.6. The molecule has 2 aromatic rings. The number of nitrogens with zero attached hydrogens (tertiary/aromatic N) is 5. The summed E-state index contributed by atoms with van der Waals surface area (Å²) in [6, 6.07) is 4.91. The van der Waals surface area contributed by atoms with Gasteiger partial charge in [0.05, 0.1) is 70.0 Å². The zero-order chi connectivity index (χ0) is 56.0. The van der Waals surface area contributed by atoms with Gasteiger partial charge < -0.3 is 63.8 Å². The molecule has 3 aliphatic rings. The number of likely N-dealkylation sites (N-methyl/N-ethyl adjacent to an activating group) is 2. The zero-order valence-corrected chi connectivity index (χ0v) is 47.9. The Kier molecular flexibility index (Phi) is 22.2. The number of benzene rings is 1. The molecule has 0 amide bonds. The van der Waals surface area contributed by atoms with Crippen LogP contribution in [-0.2, 0) is 55.9 Å². The second-order valence-corrected chi connectivity index (χ2v) is 25.3. The smallest absolute Gasteiger partial charge is 0.311 e. The molecule has 0 saturated carbocycles. The number of hydrogen-bond donors (Lipinski definition) is 5. The number of aliphatic hydroxyl groups is 5. The molecular formula is C54H92FN5O14S. The van der Waals surface area contributed by atoms with Crippen LogP contribution in [0.4, 0.5) is 4.39 Å². The van der Waals surface area contributed by atoms with Gasteiger partial charge in [-0.15, -0.1) is 5.10 Å². The fourth-order valence-corrected chi connectivity index (χ4v) is 12.1. The first-order valence-corrected chi connectivity index (χ1v) is 28.7. The van der Waals surface area contributed by atoms with Gasteiger partial charge in [-0.05, 0) is 118 Å². The van der Waals surface area contributed by atoms with E-state index in [4.69, 9.17) is 28.4 Å². The van der Waals surface area contributed by atoms with Crippen molar-refractivity contribution in [2.24, 2.45) is 17.8 Å². The van der Waals surface area contributed by atoms with Crippen molar-refractivity contribution in [2.75, 3.05) is 46.7 Å². The molecule has 3 saturated heterocycles. The Morgan fingerprint density at radius 1 is 0.973 bits per heavy atom. The molecule has 3 fully saturated rings. The number of sulfone groups is 1. The van der Waals surface area contributed by atoms with Crippen molar-refractivity contribution in [1.82, 2.24) is 24.8 Å². The predicted molar refractivity (Wildman–Crippen MR) is 279 cm³/mol. The van der Waals surface area contributed by atoms with E-state index in [-0.39, 0.29) is 54.7 Å². The molecule has 0 spiro atoms. The Morgan fingerprint density at radius 2 is 1.64 bits per heavy atom. The molecule has 75 heavy (non-hydrogen) atoms. The van der Waals surface area contributed by atoms with Crippen molar-refractivity contribution >= 4 is 15.8 Å². The van der Waals surface area contributed by atoms with Gasteiger partial charge in [-0.1, -0.05) is 45.0 Å². The van der Waals surface area contributed by atoms with Gasteiger partial charge in [-0.25, -0.2) is 17.5 Å². The van der Waals surface area contributed by atoms with Gasteiger partial charge in [0.25, 0.3) is 0 Å². The van der Waals surface area contributed by atoms with Gasteiger partial charge in [-0.2, -0.15) is 0 Å². The van der Waals surface area contributed by atoms with Crippen LogP contribution in [0.3, 0.4) is 0 Å². The van der Waals surface area contributed by atoms with Crippen molar-refractivity contribution in [2.45, 2.75) is 229 Å². The number of halogens is 1. The van der Waals surface area contributed by atoms with Crippen LogP contribution in [0.25, 0.3) is 0 Å². The molecular weight excluding hydrogens is 994 g/mol. The highest BCUT2D eigenvalue weighted by Crippen LogP contribution is 2.40. The summed E-state index contributed by atoms with van der Waals surface area (Å²) in [7, 11) is 1.90. The van der Waals surface area contributed by atoms with Gasteiger partial charge in [0.1, 0.15) is 30.6 Å². The molecule has 4 heterocycles. The summed E-state index contributed by atoms with van der Waals surface area (Å²) in [6.07, 6.45) is -6.04. The summed E-state index contributed by atoms with van der Waals surface area (Å²) in [5.74, 6) is -2.61. The molecule has 5 rings (SSSR count). The first-order valence-electron chi connectivity index (χ1n) is 27.1. The lowest BCUT2D eigenvalue weighted by molar-refractivity contribution is -0.318. The van der Waals surface area contributed by atoms with Crippen LogP contribution in [0.1, 0.15) is 132 Å². The monoisotopic (exact) mass is 1090 g/mol. The fraction of sp³-hybridized carbons (Fsp3) is 0.833. The van der Waals surface area contributed by atoms with E-state index in [1.807, 2.05) is 37.7 Å². The summed E-state index contributed by atoms with van der Waals surface area (Å²) in [5.41, 5.74) is -2.96. The van der Waals surface area contributed by atoms with E-state index in [0.717, 1.165) is 5.56 Å². The number of carbonyl (C=O) groups is 1. The van der Waals surface area contributed by atoms with Gasteiger partial charge in [0, 0.05) is 63.7 Å². The number of hydrogen-bond acceptors (Lipinski definition) is 18. The highest BCUT2D eigenvalue weighted by Gasteiger charge is 2.52. The maximum absolute atomic E-state index is 14.6. The van der Waals surface area contributed by atoms with Gasteiger partial charge in [-0.3, -0.25) is 4.79 Å². The Morgan fingerprint density at radius 3 is 2.25 bits per heavy atom. The molecule has 1 aromatic carbocycles. The Bertz CT molecular complexity index is 2210. The van der Waals surface area contributed by atoms with Crippen molar-refractivity contribution in [3.8, 4) is 0 Å². The summed E-state index contributed by atoms with van der Waals surface area (Å²) >= 11 is 0. The largest absolute Gasteiger partial charge is 0.459 e. The number of carbonyl (C=O) groups excluding carboxylic acids is 1. The van der Waals surface area contributed by atoms with E-state index in [2.05, 4.69) is 17.2 Å². The van der Waals surface area contributed by atoms with E-state index in [1.165, 1.54) is 23.9 Å². The number of aliphatic hydroxyl groups excluding tert-OH is 3. The molecule has 1 aromatic heterocycles. The number of rotatable bonds is 16. The number of alkyl halides is 1. The maximum atomic E-state index is 14.6. The first kappa shape index (κ1) is 63.1. The number of esters is 1. The summed E-state index contributed by atoms with van der Waals surface area (Å²) < 4.78 is 79.0. The highest BCUT2D eigenvalue weighted by molar-refractivity contribution is 7.91. The van der Waals surface area contributed by atoms with Crippen LogP contribution in [-0.4, -0.2) is 202 Å². The summed E-state index contributed by atoms with van der Waals surface area (Å²) in [5, 5.41) is 68.1. The number of aromatic nitrogens is 3. The third-order valence-corrected chi connectivity index (χ3v) is 18.4. The fourth-order valence-electron chi connectivity index (χ4n) is 11.2. The van der Waals surface area contributed by atoms with E-state index >= 15 is 0 Å². The number of ether oxygens (including phenoxy) is 6. The second kappa shape index (κ2) is 26.5. The summed E-state index contributed by atoms with van der Waals surface area (Å²) in [6.45, 7) is 19.6. The number of cyclic esters (lactones) is 1. The Hall–Kier alpha value is -2.77. The van der Waals surface area contributed by atoms with E-state index in [9.17, 15) is 43.1 Å². The third kappa shape index (κ3) is 15.7. The lowest BCUT2D eigenvalue weighted by atomic mass is 9.78. The van der Waals surface area contributed by atoms with E-state index < -0.39 is 125 Å². The molecule has 21 heteroatoms. The average molecular weight is 1090 g/mol. The van der Waals surface area contributed by atoms with Crippen LogP contribution in [0.2, 0.25) is 0 Å². The van der Waals surface area contributed by atoms with Crippen LogP contribution in [0, 0.1) is 17.8 Å². The molecule has 430 valence electrons. The average Bonchev–Trinajstić information content (AvgIpc) is 3.84. The van der Waals surface area contributed by atoms with Crippen molar-refractivity contribution in [1.29, 1.82) is 0 Å². The van der Waals surface area contributed by atoms with Crippen LogP contribution in [0.15, 0.2) is 35.4 Å². The molecule has 19 nitrogen and oxygen atoms in total. The van der Waals surface area contributed by atoms with Crippen molar-refractivity contribution in [3.05, 3.63) is 41.7 Å². The molecule has 5 N–H and O–H groups in total. The highest BCUT2D eigenvalue weighted by atomic mass is 32.2. The first-order chi connectivity index (χ1) is 35.0. The maximum Gasteiger partial charge on any atom is 0.311 e. The second-order valence-electron chi connectivity index (χ2n) is 23.0. The number of methoxy groups -OCH3 is 1. The van der Waals surface area contributed by atoms with Crippen LogP contribution >= 0.6 is 0 Å². The minimum absolute atomic E-state index is 0.0164. The van der Waals surface area contributed by atoms with Gasteiger partial charge >= 0.3 is 5.97 Å². The van der Waals surface area contributed by atoms with Crippen molar-refractivity contribution in [3.63, 3.8) is 0 Å². The SMILES string of the molecule is CC[C@H]1OC(=O)[C@H](C)[C@@H](O[C@H]2C[C@@](C)(OC)[C@@H](O)[C@H](C)O2)[C@H](C)[C@@H](O[C@@H]2O[C@H](C)C[C@H](N(C)CCc3cn([C@H](CF)Cc4ccc(S(=O)(=O)CC)cc4)nn3)[C@H]2O)[C@](C)(O)CC[C@@H](C)CN(C)[C@H](C)[C@@H](O)C[C@]1(C)O. The summed E-state index contributed by atoms with van der Waals surface area (Å²) in [4.78, 5) is 18.8. The van der Waals surface area contributed by atoms with E-state index in [0.29, 0.717) is 38.0 Å². The molecule has 0 radical (unpaired) electrons.